The molecule has 0 aromatic heterocycles. The quantitative estimate of drug-likeness (QED) is 0.697. The predicted molar refractivity (Wildman–Crippen MR) is 117 cm³/mol. The molecule has 2 unspecified atom stereocenters. The highest BCUT2D eigenvalue weighted by atomic mass is 16.5. The van der Waals surface area contributed by atoms with Gasteiger partial charge < -0.3 is 9.47 Å². The molecule has 5 rings (SSSR count). The number of para-hydroxylation sites is 1. The maximum absolute atomic E-state index is 13.3. The number of hydrogen-bond donors (Lipinski definition) is 0. The molecule has 0 saturated carbocycles. The van der Waals surface area contributed by atoms with Crippen LogP contribution in [0, 0.1) is 11.8 Å². The van der Waals surface area contributed by atoms with Crippen molar-refractivity contribution in [1.29, 1.82) is 0 Å². The number of rotatable bonds is 3. The molecule has 0 bridgehead atoms. The van der Waals surface area contributed by atoms with Crippen LogP contribution >= 0.6 is 0 Å². The zero-order valence-electron chi connectivity index (χ0n) is 17.6. The number of hydrogen-bond acceptors (Lipinski definition) is 4. The van der Waals surface area contributed by atoms with E-state index in [1.54, 1.807) is 12.1 Å². The lowest BCUT2D eigenvalue weighted by molar-refractivity contribution is -0.123. The van der Waals surface area contributed by atoms with Crippen LogP contribution in [-0.4, -0.2) is 24.3 Å². The van der Waals surface area contributed by atoms with Crippen LogP contribution in [0.25, 0.3) is 0 Å². The Bertz CT molecular complexity index is 1060. The van der Waals surface area contributed by atoms with Crippen LogP contribution in [0.3, 0.4) is 0 Å². The van der Waals surface area contributed by atoms with Crippen molar-refractivity contribution in [2.75, 3.05) is 12.1 Å². The standard InChI is InChI=1S/C25H26N2O3/c1-25(2)15-20-18(13-14-21(29-3)23(20)30-25)22-17-11-7-8-12-19(17)24(28)27(26-22)16-9-5-4-6-10-16/h4-10,13-14,17,19H,11-12,15H2,1-3H3. The summed E-state index contributed by atoms with van der Waals surface area (Å²) in [5.74, 6) is 1.58. The third-order valence-electron chi connectivity index (χ3n) is 6.22. The number of methoxy groups -OCH3 is 1. The zero-order valence-corrected chi connectivity index (χ0v) is 17.6. The molecule has 1 amide bonds. The molecule has 2 aliphatic heterocycles. The molecular formula is C25H26N2O3. The van der Waals surface area contributed by atoms with Crippen LogP contribution in [0.1, 0.15) is 37.8 Å². The van der Waals surface area contributed by atoms with E-state index in [4.69, 9.17) is 14.6 Å². The third kappa shape index (κ3) is 3.00. The Kier molecular flexibility index (Phi) is 4.42. The van der Waals surface area contributed by atoms with Gasteiger partial charge in [0.2, 0.25) is 0 Å². The van der Waals surface area contributed by atoms with E-state index >= 15 is 0 Å². The van der Waals surface area contributed by atoms with Gasteiger partial charge in [-0.15, -0.1) is 0 Å². The summed E-state index contributed by atoms with van der Waals surface area (Å²) in [6, 6.07) is 13.7. The van der Waals surface area contributed by atoms with Crippen molar-refractivity contribution < 1.29 is 14.3 Å². The van der Waals surface area contributed by atoms with E-state index in [2.05, 4.69) is 32.1 Å². The molecule has 2 aromatic carbocycles. The molecule has 0 radical (unpaired) electrons. The Morgan fingerprint density at radius 2 is 1.80 bits per heavy atom. The second kappa shape index (κ2) is 7.01. The number of carbonyl (C=O) groups excluding carboxylic acids is 1. The average Bonchev–Trinajstić information content (AvgIpc) is 3.09. The molecule has 3 aliphatic rings. The maximum atomic E-state index is 13.3. The van der Waals surface area contributed by atoms with Crippen LogP contribution < -0.4 is 14.5 Å². The summed E-state index contributed by atoms with van der Waals surface area (Å²) in [4.78, 5) is 13.3. The van der Waals surface area contributed by atoms with E-state index in [9.17, 15) is 4.79 Å². The molecule has 2 atom stereocenters. The fourth-order valence-electron chi connectivity index (χ4n) is 4.82. The second-order valence-electron chi connectivity index (χ2n) is 8.79. The monoisotopic (exact) mass is 402 g/mol. The van der Waals surface area contributed by atoms with Gasteiger partial charge in [-0.3, -0.25) is 4.79 Å². The molecule has 2 heterocycles. The minimum absolute atomic E-state index is 0.0704. The van der Waals surface area contributed by atoms with Crippen molar-refractivity contribution in [3.8, 4) is 11.5 Å². The number of ether oxygens (including phenoxy) is 2. The van der Waals surface area contributed by atoms with Gasteiger partial charge in [-0.05, 0) is 51.0 Å². The molecule has 154 valence electrons. The smallest absolute Gasteiger partial charge is 0.251 e. The lowest BCUT2D eigenvalue weighted by Gasteiger charge is -2.37. The van der Waals surface area contributed by atoms with Crippen molar-refractivity contribution in [3.63, 3.8) is 0 Å². The third-order valence-corrected chi connectivity index (χ3v) is 6.22. The van der Waals surface area contributed by atoms with Crippen molar-refractivity contribution in [3.05, 3.63) is 65.7 Å². The van der Waals surface area contributed by atoms with Crippen LogP contribution in [0.2, 0.25) is 0 Å². The SMILES string of the molecule is COc1ccc(C2=NN(c3ccccc3)C(=O)C3CC=CCC23)c2c1OC(C)(C)C2. The fraction of sp³-hybridized carbons (Fsp3) is 0.360. The van der Waals surface area contributed by atoms with Crippen molar-refractivity contribution in [2.24, 2.45) is 16.9 Å². The Hall–Kier alpha value is -3.08. The summed E-state index contributed by atoms with van der Waals surface area (Å²) in [7, 11) is 1.67. The molecule has 0 spiro atoms. The molecule has 0 fully saturated rings. The number of hydrazone groups is 1. The summed E-state index contributed by atoms with van der Waals surface area (Å²) in [6.45, 7) is 4.18. The van der Waals surface area contributed by atoms with E-state index in [1.165, 1.54) is 0 Å². The Balaban J connectivity index is 1.68. The second-order valence-corrected chi connectivity index (χ2v) is 8.79. The lowest BCUT2D eigenvalue weighted by Crippen LogP contribution is -2.45. The Morgan fingerprint density at radius 1 is 1.07 bits per heavy atom. The van der Waals surface area contributed by atoms with Gasteiger partial charge in [0, 0.05) is 23.5 Å². The number of nitrogens with zero attached hydrogens (tertiary/aromatic N) is 2. The molecule has 5 nitrogen and oxygen atoms in total. The number of anilines is 1. The molecule has 5 heteroatoms. The topological polar surface area (TPSA) is 51.1 Å². The van der Waals surface area contributed by atoms with E-state index in [0.29, 0.717) is 0 Å². The molecule has 1 aliphatic carbocycles. The summed E-state index contributed by atoms with van der Waals surface area (Å²) in [6.07, 6.45) is 6.64. The van der Waals surface area contributed by atoms with Crippen LogP contribution in [0.5, 0.6) is 11.5 Å². The minimum atomic E-state index is -0.304. The summed E-state index contributed by atoms with van der Waals surface area (Å²) < 4.78 is 11.8. The van der Waals surface area contributed by atoms with E-state index in [-0.39, 0.29) is 23.3 Å². The predicted octanol–water partition coefficient (Wildman–Crippen LogP) is 4.74. The molecule has 2 aromatic rings. The fourth-order valence-corrected chi connectivity index (χ4v) is 4.82. The first-order chi connectivity index (χ1) is 14.5. The number of benzene rings is 2. The van der Waals surface area contributed by atoms with Gasteiger partial charge in [-0.2, -0.15) is 5.10 Å². The number of fused-ring (bicyclic) bond motifs is 2. The van der Waals surface area contributed by atoms with Gasteiger partial charge in [-0.25, -0.2) is 5.01 Å². The van der Waals surface area contributed by atoms with Gasteiger partial charge in [-0.1, -0.05) is 30.4 Å². The van der Waals surface area contributed by atoms with Crippen LogP contribution in [0.15, 0.2) is 59.7 Å². The van der Waals surface area contributed by atoms with Gasteiger partial charge in [0.1, 0.15) is 5.60 Å². The van der Waals surface area contributed by atoms with E-state index < -0.39 is 0 Å². The summed E-state index contributed by atoms with van der Waals surface area (Å²) >= 11 is 0. The highest BCUT2D eigenvalue weighted by Crippen LogP contribution is 2.46. The average molecular weight is 402 g/mol. The molecular weight excluding hydrogens is 376 g/mol. The van der Waals surface area contributed by atoms with E-state index in [1.807, 2.05) is 36.4 Å². The lowest BCUT2D eigenvalue weighted by atomic mass is 9.75. The Labute approximate surface area is 177 Å². The summed E-state index contributed by atoms with van der Waals surface area (Å²) in [5.41, 5.74) is 3.65. The first-order valence-corrected chi connectivity index (χ1v) is 10.5. The highest BCUT2D eigenvalue weighted by molar-refractivity contribution is 6.12. The van der Waals surface area contributed by atoms with Gasteiger partial charge in [0.25, 0.3) is 5.91 Å². The largest absolute Gasteiger partial charge is 0.493 e. The summed E-state index contributed by atoms with van der Waals surface area (Å²) in [5, 5.41) is 6.53. The van der Waals surface area contributed by atoms with Crippen molar-refractivity contribution in [1.82, 2.24) is 0 Å². The van der Waals surface area contributed by atoms with Gasteiger partial charge in [0.05, 0.1) is 24.4 Å². The van der Waals surface area contributed by atoms with Crippen molar-refractivity contribution >= 4 is 17.3 Å². The molecule has 0 N–H and O–H groups in total. The normalized spacial score (nSPS) is 24.0. The molecule has 30 heavy (non-hydrogen) atoms. The number of allylic oxidation sites excluding steroid dienone is 2. The van der Waals surface area contributed by atoms with Crippen LogP contribution in [0.4, 0.5) is 5.69 Å². The molecule has 0 saturated heterocycles. The highest BCUT2D eigenvalue weighted by Gasteiger charge is 2.43. The van der Waals surface area contributed by atoms with Gasteiger partial charge >= 0.3 is 0 Å². The number of carbonyl (C=O) groups is 1. The Morgan fingerprint density at radius 3 is 2.53 bits per heavy atom. The van der Waals surface area contributed by atoms with Crippen molar-refractivity contribution in [2.45, 2.75) is 38.7 Å². The van der Waals surface area contributed by atoms with Gasteiger partial charge in [0.15, 0.2) is 11.5 Å². The zero-order chi connectivity index (χ0) is 20.9. The first-order valence-electron chi connectivity index (χ1n) is 10.5. The maximum Gasteiger partial charge on any atom is 0.251 e. The minimum Gasteiger partial charge on any atom is -0.493 e. The van der Waals surface area contributed by atoms with E-state index in [0.717, 1.165) is 53.3 Å². The number of amides is 1. The first kappa shape index (κ1) is 18.9. The van der Waals surface area contributed by atoms with Crippen LogP contribution in [-0.2, 0) is 11.2 Å².